The topological polar surface area (TPSA) is 67.6 Å². The van der Waals surface area contributed by atoms with Gasteiger partial charge in [-0.3, -0.25) is 5.10 Å². The van der Waals surface area contributed by atoms with E-state index >= 15 is 0 Å². The van der Waals surface area contributed by atoms with E-state index in [-0.39, 0.29) is 0 Å². The third-order valence-corrected chi connectivity index (χ3v) is 3.35. The summed E-state index contributed by atoms with van der Waals surface area (Å²) in [6.45, 7) is 1.98. The van der Waals surface area contributed by atoms with Crippen molar-refractivity contribution in [1.82, 2.24) is 15.2 Å². The fraction of sp³-hybridized carbons (Fsp3) is 0.0667. The number of aromatic nitrogens is 3. The Balaban J connectivity index is 2.20. The summed E-state index contributed by atoms with van der Waals surface area (Å²) in [5.74, 6) is 0.486. The van der Waals surface area contributed by atoms with E-state index in [9.17, 15) is 0 Å². The van der Waals surface area contributed by atoms with Crippen LogP contribution in [0.25, 0.3) is 22.4 Å². The Morgan fingerprint density at radius 3 is 2.75 bits per heavy atom. The standard InChI is InChI=1S/C15H13ClN4/c1-9-14(10-5-6-18-13(17)8-10)15(20-19-9)11-3-2-4-12(16)7-11/h2-8H,1H3,(H2,17,18)(H,19,20). The van der Waals surface area contributed by atoms with Crippen LogP contribution in [-0.2, 0) is 0 Å². The molecule has 3 N–H and O–H groups in total. The van der Waals surface area contributed by atoms with Gasteiger partial charge in [-0.05, 0) is 36.8 Å². The van der Waals surface area contributed by atoms with E-state index in [1.165, 1.54) is 0 Å². The second kappa shape index (κ2) is 4.98. The molecule has 0 unspecified atom stereocenters. The Labute approximate surface area is 121 Å². The third-order valence-electron chi connectivity index (χ3n) is 3.12. The van der Waals surface area contributed by atoms with Crippen molar-refractivity contribution in [3.05, 3.63) is 53.3 Å². The molecule has 5 heteroatoms. The number of nitrogens with zero attached hydrogens (tertiary/aromatic N) is 2. The van der Waals surface area contributed by atoms with Gasteiger partial charge in [0.2, 0.25) is 0 Å². The average molecular weight is 285 g/mol. The number of aromatic amines is 1. The van der Waals surface area contributed by atoms with Crippen LogP contribution in [0.2, 0.25) is 5.02 Å². The first kappa shape index (κ1) is 12.7. The summed E-state index contributed by atoms with van der Waals surface area (Å²) < 4.78 is 0. The van der Waals surface area contributed by atoms with Crippen LogP contribution in [0.4, 0.5) is 5.82 Å². The van der Waals surface area contributed by atoms with Crippen molar-refractivity contribution >= 4 is 17.4 Å². The zero-order valence-electron chi connectivity index (χ0n) is 10.9. The van der Waals surface area contributed by atoms with Crippen molar-refractivity contribution in [3.63, 3.8) is 0 Å². The summed E-state index contributed by atoms with van der Waals surface area (Å²) in [5.41, 5.74) is 10.6. The summed E-state index contributed by atoms with van der Waals surface area (Å²) in [6.07, 6.45) is 1.69. The van der Waals surface area contributed by atoms with E-state index in [1.807, 2.05) is 43.3 Å². The van der Waals surface area contributed by atoms with Crippen molar-refractivity contribution in [2.24, 2.45) is 0 Å². The summed E-state index contributed by atoms with van der Waals surface area (Å²) in [4.78, 5) is 4.02. The van der Waals surface area contributed by atoms with Gasteiger partial charge in [0.25, 0.3) is 0 Å². The fourth-order valence-corrected chi connectivity index (χ4v) is 2.42. The Hall–Kier alpha value is -2.33. The van der Waals surface area contributed by atoms with Crippen LogP contribution >= 0.6 is 11.6 Å². The van der Waals surface area contributed by atoms with Gasteiger partial charge < -0.3 is 5.73 Å². The molecule has 0 spiro atoms. The molecular formula is C15H13ClN4. The lowest BCUT2D eigenvalue weighted by molar-refractivity contribution is 1.05. The number of hydrogen-bond donors (Lipinski definition) is 2. The van der Waals surface area contributed by atoms with Crippen molar-refractivity contribution in [2.45, 2.75) is 6.92 Å². The average Bonchev–Trinajstić information content (AvgIpc) is 2.80. The molecule has 0 amide bonds. The molecule has 0 fully saturated rings. The lowest BCUT2D eigenvalue weighted by Gasteiger charge is -2.05. The summed E-state index contributed by atoms with van der Waals surface area (Å²) in [5, 5.41) is 8.09. The van der Waals surface area contributed by atoms with Crippen LogP contribution in [-0.4, -0.2) is 15.2 Å². The van der Waals surface area contributed by atoms with Crippen molar-refractivity contribution < 1.29 is 0 Å². The summed E-state index contributed by atoms with van der Waals surface area (Å²) >= 11 is 6.06. The van der Waals surface area contributed by atoms with Crippen LogP contribution in [0.1, 0.15) is 5.69 Å². The van der Waals surface area contributed by atoms with Gasteiger partial charge in [-0.2, -0.15) is 5.10 Å². The van der Waals surface area contributed by atoms with Crippen molar-refractivity contribution in [2.75, 3.05) is 5.73 Å². The number of aryl methyl sites for hydroxylation is 1. The van der Waals surface area contributed by atoms with E-state index in [2.05, 4.69) is 15.2 Å². The van der Waals surface area contributed by atoms with Gasteiger partial charge in [-0.1, -0.05) is 23.7 Å². The minimum atomic E-state index is 0.486. The van der Waals surface area contributed by atoms with Crippen molar-refractivity contribution in [3.8, 4) is 22.4 Å². The van der Waals surface area contributed by atoms with Crippen LogP contribution < -0.4 is 5.73 Å². The number of rotatable bonds is 2. The first-order chi connectivity index (χ1) is 9.65. The van der Waals surface area contributed by atoms with E-state index in [0.29, 0.717) is 10.8 Å². The number of anilines is 1. The molecule has 0 saturated carbocycles. The number of nitrogens with two attached hydrogens (primary N) is 1. The minimum Gasteiger partial charge on any atom is -0.384 e. The number of nitrogens with one attached hydrogen (secondary N) is 1. The quantitative estimate of drug-likeness (QED) is 0.754. The van der Waals surface area contributed by atoms with E-state index in [1.54, 1.807) is 6.20 Å². The van der Waals surface area contributed by atoms with Gasteiger partial charge in [0.15, 0.2) is 0 Å². The molecule has 0 bridgehead atoms. The predicted octanol–water partition coefficient (Wildman–Crippen LogP) is 3.68. The Morgan fingerprint density at radius 1 is 1.15 bits per heavy atom. The number of halogens is 1. The highest BCUT2D eigenvalue weighted by Crippen LogP contribution is 2.34. The number of benzene rings is 1. The van der Waals surface area contributed by atoms with Crippen LogP contribution in [0.3, 0.4) is 0 Å². The lowest BCUT2D eigenvalue weighted by atomic mass is 10.00. The smallest absolute Gasteiger partial charge is 0.123 e. The summed E-state index contributed by atoms with van der Waals surface area (Å²) in [6, 6.07) is 11.4. The first-order valence-electron chi connectivity index (χ1n) is 6.18. The normalized spacial score (nSPS) is 10.7. The molecule has 0 atom stereocenters. The number of H-pyrrole nitrogens is 1. The molecule has 2 heterocycles. The maximum Gasteiger partial charge on any atom is 0.123 e. The Bertz CT molecular complexity index is 764. The third kappa shape index (κ3) is 2.26. The van der Waals surface area contributed by atoms with Crippen LogP contribution in [0.5, 0.6) is 0 Å². The minimum absolute atomic E-state index is 0.486. The van der Waals surface area contributed by atoms with Gasteiger partial charge in [0, 0.05) is 28.0 Å². The van der Waals surface area contributed by atoms with Crippen LogP contribution in [0, 0.1) is 6.92 Å². The first-order valence-corrected chi connectivity index (χ1v) is 6.56. The maximum atomic E-state index is 6.06. The van der Waals surface area contributed by atoms with Crippen LogP contribution in [0.15, 0.2) is 42.6 Å². The second-order valence-electron chi connectivity index (χ2n) is 4.55. The zero-order valence-corrected chi connectivity index (χ0v) is 11.6. The monoisotopic (exact) mass is 284 g/mol. The molecule has 0 aliphatic rings. The molecular weight excluding hydrogens is 272 g/mol. The lowest BCUT2D eigenvalue weighted by Crippen LogP contribution is -1.91. The van der Waals surface area contributed by atoms with Gasteiger partial charge in [0.1, 0.15) is 11.5 Å². The predicted molar refractivity (Wildman–Crippen MR) is 81.4 cm³/mol. The Morgan fingerprint density at radius 2 is 2.00 bits per heavy atom. The molecule has 1 aromatic carbocycles. The molecule has 3 aromatic rings. The van der Waals surface area contributed by atoms with E-state index < -0.39 is 0 Å². The highest BCUT2D eigenvalue weighted by Gasteiger charge is 2.14. The Kier molecular flexibility index (Phi) is 3.16. The second-order valence-corrected chi connectivity index (χ2v) is 4.99. The molecule has 0 aliphatic heterocycles. The highest BCUT2D eigenvalue weighted by molar-refractivity contribution is 6.30. The zero-order chi connectivity index (χ0) is 14.1. The van der Waals surface area contributed by atoms with E-state index in [4.69, 9.17) is 17.3 Å². The molecule has 4 nitrogen and oxygen atoms in total. The maximum absolute atomic E-state index is 6.06. The molecule has 2 aromatic heterocycles. The molecule has 0 saturated heterocycles. The largest absolute Gasteiger partial charge is 0.384 e. The van der Waals surface area contributed by atoms with Gasteiger partial charge in [0.05, 0.1) is 0 Å². The van der Waals surface area contributed by atoms with E-state index in [0.717, 1.165) is 28.1 Å². The van der Waals surface area contributed by atoms with Gasteiger partial charge in [-0.25, -0.2) is 4.98 Å². The highest BCUT2D eigenvalue weighted by atomic mass is 35.5. The molecule has 3 rings (SSSR count). The fourth-order valence-electron chi connectivity index (χ4n) is 2.23. The number of pyridine rings is 1. The summed E-state index contributed by atoms with van der Waals surface area (Å²) in [7, 11) is 0. The van der Waals surface area contributed by atoms with Crippen molar-refractivity contribution in [1.29, 1.82) is 0 Å². The molecule has 0 radical (unpaired) electrons. The van der Waals surface area contributed by atoms with Gasteiger partial charge in [-0.15, -0.1) is 0 Å². The van der Waals surface area contributed by atoms with Gasteiger partial charge >= 0.3 is 0 Å². The number of hydrogen-bond acceptors (Lipinski definition) is 3. The SMILES string of the molecule is Cc1[nH]nc(-c2cccc(Cl)c2)c1-c1ccnc(N)c1. The number of nitrogen functional groups attached to an aromatic ring is 1. The molecule has 100 valence electrons. The molecule has 0 aliphatic carbocycles. The molecule has 20 heavy (non-hydrogen) atoms.